The van der Waals surface area contributed by atoms with E-state index >= 15 is 0 Å². The van der Waals surface area contributed by atoms with Crippen LogP contribution in [0.4, 0.5) is 0 Å². The Bertz CT molecular complexity index is 6620. The second kappa shape index (κ2) is 30.5. The number of fused-ring (bicyclic) bond motifs is 18. The average molecular weight is 1490 g/mol. The van der Waals surface area contributed by atoms with Gasteiger partial charge in [-0.1, -0.05) is 355 Å². The van der Waals surface area contributed by atoms with Crippen molar-refractivity contribution in [1.29, 1.82) is 0 Å². The van der Waals surface area contributed by atoms with E-state index < -0.39 is 0 Å². The van der Waals surface area contributed by atoms with Crippen molar-refractivity contribution in [3.05, 3.63) is 360 Å². The minimum absolute atomic E-state index is 0.105. The van der Waals surface area contributed by atoms with E-state index in [1.165, 1.54) is 143 Å². The fourth-order valence-electron chi connectivity index (χ4n) is 16.3. The van der Waals surface area contributed by atoms with Gasteiger partial charge in [0.1, 0.15) is 33.5 Å². The van der Waals surface area contributed by atoms with Crippen molar-refractivity contribution in [3.63, 3.8) is 0 Å². The topological polar surface area (TPSA) is 49.3 Å². The van der Waals surface area contributed by atoms with Gasteiger partial charge in [-0.05, 0) is 174 Å². The van der Waals surface area contributed by atoms with Crippen molar-refractivity contribution in [2.45, 2.75) is 164 Å². The van der Waals surface area contributed by atoms with Crippen LogP contribution < -0.4 is 0 Å². The molecule has 19 aromatic rings. The fourth-order valence-corrected chi connectivity index (χ4v) is 16.3. The van der Waals surface area contributed by atoms with Gasteiger partial charge in [-0.15, -0.1) is 0 Å². The lowest BCUT2D eigenvalue weighted by atomic mass is 9.84. The molecule has 0 N–H and O–H groups in total. The van der Waals surface area contributed by atoms with Gasteiger partial charge in [0.15, 0.2) is 0 Å². The Morgan fingerprint density at radius 1 is 0.219 bits per heavy atom. The second-order valence-electron chi connectivity index (χ2n) is 36.9. The molecule has 1 aliphatic carbocycles. The van der Waals surface area contributed by atoms with Crippen LogP contribution in [0.5, 0.6) is 0 Å². The lowest BCUT2D eigenvalue weighted by molar-refractivity contribution is 0.573. The molecule has 0 saturated carbocycles. The van der Waals surface area contributed by atoms with Gasteiger partial charge < -0.3 is 22.4 Å². The van der Waals surface area contributed by atoms with E-state index in [4.69, 9.17) is 13.3 Å². The standard InChI is InChI=1S/2C22H21N.C17H18.3C16H16O/c1-22(2,3)18-13-9-15-20-21(18)17-12-7-8-14-19(17)23(20)16-10-5-4-6-11-16;1-22(2,3)16-13-14-19-18-11-7-8-12-20(18)23(21(19)15-16)17-9-5-4-6-10-17;1-17(2,3)14-8-9-16-13(11-14)10-12-6-4-5-7-15(12)16;1-16(2,3)13-9-6-8-12-11-7-4-5-10-14(11)17-15(12)13;1-16(2,3)12-8-6-10-14-15(12)11-7-4-5-9-13(11)17-14;1-16(2,3)11-8-9-15-13(10-11)12-6-4-5-7-14(12)17-15/h2*4-15H,1-3H3;4-9,11H,10H2,1-3H3;3*4-10H,1-3H3. The van der Waals surface area contributed by atoms with Crippen LogP contribution in [0, 0.1) is 0 Å². The van der Waals surface area contributed by atoms with Gasteiger partial charge >= 0.3 is 0 Å². The van der Waals surface area contributed by atoms with Crippen molar-refractivity contribution in [2.75, 3.05) is 0 Å². The molecule has 5 heteroatoms. The zero-order valence-electron chi connectivity index (χ0n) is 69.8. The SMILES string of the molecule is CC(C)(C)c1ccc2c(c1)Cc1ccccc1-2.CC(C)(C)c1ccc2c3ccccc3n(-c3ccccc3)c2c1.CC(C)(C)c1ccc2oc3ccccc3c2c1.CC(C)(C)c1cccc2c1c1ccccc1n2-c1ccccc1.CC(C)(C)c1cccc2c1oc1ccccc12.CC(C)(C)c1cccc2oc3ccccc3c12. The normalized spacial score (nSPS) is 12.4. The maximum Gasteiger partial charge on any atom is 0.139 e. The summed E-state index contributed by atoms with van der Waals surface area (Å²) in [7, 11) is 0. The molecule has 1 aliphatic rings. The highest BCUT2D eigenvalue weighted by Gasteiger charge is 2.27. The monoisotopic (exact) mass is 1490 g/mol. The molecule has 0 bridgehead atoms. The van der Waals surface area contributed by atoms with Crippen molar-refractivity contribution in [3.8, 4) is 22.5 Å². The highest BCUT2D eigenvalue weighted by atomic mass is 16.3. The van der Waals surface area contributed by atoms with Crippen LogP contribution in [0.1, 0.15) is 169 Å². The molecule has 14 aromatic carbocycles. The van der Waals surface area contributed by atoms with Crippen molar-refractivity contribution in [1.82, 2.24) is 9.13 Å². The molecule has 20 rings (SSSR count). The first-order valence-electron chi connectivity index (χ1n) is 40.5. The van der Waals surface area contributed by atoms with Crippen molar-refractivity contribution in [2.24, 2.45) is 0 Å². The zero-order chi connectivity index (χ0) is 80.2. The molecule has 0 unspecified atom stereocenters. The van der Waals surface area contributed by atoms with Crippen molar-refractivity contribution < 1.29 is 13.3 Å². The van der Waals surface area contributed by atoms with E-state index in [9.17, 15) is 0 Å². The van der Waals surface area contributed by atoms with Crippen LogP contribution in [-0.4, -0.2) is 9.13 Å². The summed E-state index contributed by atoms with van der Waals surface area (Å²) in [4.78, 5) is 0. The predicted octanol–water partition coefficient (Wildman–Crippen LogP) is 31.4. The summed E-state index contributed by atoms with van der Waals surface area (Å²) in [6.45, 7) is 40.6. The molecule has 5 heterocycles. The number of nitrogens with zero attached hydrogens (tertiary/aromatic N) is 2. The van der Waals surface area contributed by atoms with Crippen molar-refractivity contribution >= 4 is 109 Å². The molecular weight excluding hydrogens is 1390 g/mol. The number of benzene rings is 14. The molecule has 0 radical (unpaired) electrons. The van der Waals surface area contributed by atoms with Crippen LogP contribution in [0.25, 0.3) is 132 Å². The Morgan fingerprint density at radius 3 is 1.22 bits per heavy atom. The number of rotatable bonds is 2. The number of hydrogen-bond acceptors (Lipinski definition) is 3. The smallest absolute Gasteiger partial charge is 0.139 e. The molecule has 114 heavy (non-hydrogen) atoms. The molecule has 0 amide bonds. The van der Waals surface area contributed by atoms with Gasteiger partial charge in [0.05, 0.1) is 22.1 Å². The Morgan fingerprint density at radius 2 is 0.605 bits per heavy atom. The van der Waals surface area contributed by atoms with E-state index in [1.54, 1.807) is 0 Å². The van der Waals surface area contributed by atoms with E-state index in [2.05, 4.69) is 407 Å². The minimum Gasteiger partial charge on any atom is -0.456 e. The predicted molar refractivity (Wildman–Crippen MR) is 490 cm³/mol. The Kier molecular flexibility index (Phi) is 20.7. The van der Waals surface area contributed by atoms with Gasteiger partial charge in [-0.2, -0.15) is 0 Å². The molecule has 5 nitrogen and oxygen atoms in total. The van der Waals surface area contributed by atoms with Gasteiger partial charge in [0, 0.05) is 70.8 Å². The zero-order valence-corrected chi connectivity index (χ0v) is 69.8. The third kappa shape index (κ3) is 15.6. The summed E-state index contributed by atoms with van der Waals surface area (Å²) in [6, 6.07) is 112. The Hall–Kier alpha value is -11.9. The average Bonchev–Trinajstić information content (AvgIpc) is 1.59. The van der Waals surface area contributed by atoms with E-state index in [0.29, 0.717) is 0 Å². The molecule has 0 atom stereocenters. The van der Waals surface area contributed by atoms with Crippen LogP contribution in [-0.2, 0) is 38.9 Å². The van der Waals surface area contributed by atoms with E-state index in [1.807, 2.05) is 42.5 Å². The molecule has 572 valence electrons. The first-order valence-corrected chi connectivity index (χ1v) is 40.5. The summed E-state index contributed by atoms with van der Waals surface area (Å²) in [5, 5.41) is 12.6. The number of furan rings is 3. The van der Waals surface area contributed by atoms with E-state index in [-0.39, 0.29) is 32.5 Å². The molecule has 0 saturated heterocycles. The summed E-state index contributed by atoms with van der Waals surface area (Å²) >= 11 is 0. The lowest BCUT2D eigenvalue weighted by Gasteiger charge is -2.20. The maximum atomic E-state index is 6.01. The minimum atomic E-state index is 0.105. The van der Waals surface area contributed by atoms with Gasteiger partial charge in [0.2, 0.25) is 0 Å². The van der Waals surface area contributed by atoms with Crippen LogP contribution in [0.3, 0.4) is 0 Å². The number of aromatic nitrogens is 2. The maximum absolute atomic E-state index is 6.01. The summed E-state index contributed by atoms with van der Waals surface area (Å²) in [6.07, 6.45) is 1.09. The van der Waals surface area contributed by atoms with E-state index in [0.717, 1.165) is 39.9 Å². The first-order chi connectivity index (χ1) is 54.4. The Balaban J connectivity index is 0.000000108. The fraction of sp³-hybridized carbons (Fsp3) is 0.229. The largest absolute Gasteiger partial charge is 0.456 e. The molecule has 0 fully saturated rings. The van der Waals surface area contributed by atoms with Crippen LogP contribution >= 0.6 is 0 Å². The van der Waals surface area contributed by atoms with Gasteiger partial charge in [-0.25, -0.2) is 0 Å². The number of para-hydroxylation sites is 8. The van der Waals surface area contributed by atoms with Gasteiger partial charge in [0.25, 0.3) is 0 Å². The quantitative estimate of drug-likeness (QED) is 0.173. The highest BCUT2D eigenvalue weighted by molar-refractivity contribution is 6.13. The second-order valence-corrected chi connectivity index (χ2v) is 36.9. The molecule has 0 spiro atoms. The van der Waals surface area contributed by atoms with Gasteiger partial charge in [-0.3, -0.25) is 0 Å². The lowest BCUT2D eigenvalue weighted by Crippen LogP contribution is -2.11. The third-order valence-electron chi connectivity index (χ3n) is 22.4. The highest BCUT2D eigenvalue weighted by Crippen LogP contribution is 2.44. The number of hydrogen-bond donors (Lipinski definition) is 0. The molecule has 5 aromatic heterocycles. The Labute approximate surface area is 673 Å². The van der Waals surface area contributed by atoms with Crippen LogP contribution in [0.15, 0.2) is 329 Å². The summed E-state index contributed by atoms with van der Waals surface area (Å²) in [5.74, 6) is 0. The third-order valence-corrected chi connectivity index (χ3v) is 22.4. The van der Waals surface area contributed by atoms with Crippen LogP contribution in [0.2, 0.25) is 0 Å². The summed E-state index contributed by atoms with van der Waals surface area (Å²) < 4.78 is 22.5. The molecular formula is C109H108N2O3. The molecule has 0 aliphatic heterocycles. The summed E-state index contributed by atoms with van der Waals surface area (Å²) in [5.41, 5.74) is 28.3. The first kappa shape index (κ1) is 77.4.